The van der Waals surface area contributed by atoms with E-state index in [4.69, 9.17) is 0 Å². The molecule has 0 bridgehead atoms. The molecule has 2 nitrogen and oxygen atoms in total. The number of rotatable bonds is 5. The lowest BCUT2D eigenvalue weighted by Gasteiger charge is -2.48. The van der Waals surface area contributed by atoms with Crippen LogP contribution >= 0.6 is 0 Å². The highest BCUT2D eigenvalue weighted by Gasteiger charge is 2.38. The van der Waals surface area contributed by atoms with Gasteiger partial charge < -0.3 is 5.32 Å². The maximum absolute atomic E-state index is 12.5. The molecule has 0 aromatic carbocycles. The van der Waals surface area contributed by atoms with Gasteiger partial charge in [0, 0.05) is 31.2 Å². The van der Waals surface area contributed by atoms with Gasteiger partial charge in [0.1, 0.15) is 0 Å². The zero-order chi connectivity index (χ0) is 14.7. The lowest BCUT2D eigenvalue weighted by atomic mass is 9.88. The van der Waals surface area contributed by atoms with Crippen LogP contribution in [0.4, 0.5) is 13.2 Å². The summed E-state index contributed by atoms with van der Waals surface area (Å²) in [7, 11) is 0. The van der Waals surface area contributed by atoms with E-state index in [1.54, 1.807) is 0 Å². The van der Waals surface area contributed by atoms with E-state index in [-0.39, 0.29) is 18.1 Å². The Bertz CT molecular complexity index is 280. The fourth-order valence-electron chi connectivity index (χ4n) is 2.69. The summed E-state index contributed by atoms with van der Waals surface area (Å²) in [5.74, 6) is 0.419. The van der Waals surface area contributed by atoms with Gasteiger partial charge in [-0.25, -0.2) is 0 Å². The van der Waals surface area contributed by atoms with Gasteiger partial charge in [0.25, 0.3) is 0 Å². The Morgan fingerprint density at radius 2 is 2.00 bits per heavy atom. The van der Waals surface area contributed by atoms with Gasteiger partial charge in [-0.3, -0.25) is 4.90 Å². The van der Waals surface area contributed by atoms with Gasteiger partial charge in [-0.2, -0.15) is 13.2 Å². The van der Waals surface area contributed by atoms with Crippen LogP contribution in [0.25, 0.3) is 0 Å². The molecule has 0 amide bonds. The van der Waals surface area contributed by atoms with Crippen molar-refractivity contribution in [3.05, 3.63) is 0 Å². The molecule has 5 heteroatoms. The van der Waals surface area contributed by atoms with E-state index in [9.17, 15) is 13.2 Å². The molecule has 1 aliphatic heterocycles. The highest BCUT2D eigenvalue weighted by molar-refractivity contribution is 4.95. The summed E-state index contributed by atoms with van der Waals surface area (Å²) in [6.45, 7) is 10.0. The summed E-state index contributed by atoms with van der Waals surface area (Å²) in [4.78, 5) is 2.04. The molecule has 0 saturated carbocycles. The molecule has 19 heavy (non-hydrogen) atoms. The molecular weight excluding hydrogens is 253 g/mol. The Hall–Kier alpha value is -0.290. The SMILES string of the molecule is CCC(C)C1CNC(C)(CC)CN1CCC(F)(F)F. The van der Waals surface area contributed by atoms with Gasteiger partial charge in [0.05, 0.1) is 6.42 Å². The standard InChI is InChI=1S/C14H27F3N2/c1-5-11(3)12-9-18-13(4,6-2)10-19(12)8-7-14(15,16)17/h11-12,18H,5-10H2,1-4H3. The topological polar surface area (TPSA) is 15.3 Å². The highest BCUT2D eigenvalue weighted by Crippen LogP contribution is 2.27. The molecule has 114 valence electrons. The van der Waals surface area contributed by atoms with Gasteiger partial charge in [-0.15, -0.1) is 0 Å². The van der Waals surface area contributed by atoms with E-state index in [1.165, 1.54) is 0 Å². The van der Waals surface area contributed by atoms with Crippen molar-refractivity contribution < 1.29 is 13.2 Å². The molecule has 0 spiro atoms. The molecular formula is C14H27F3N2. The third-order valence-corrected chi connectivity index (χ3v) is 4.52. The number of hydrogen-bond acceptors (Lipinski definition) is 2. The van der Waals surface area contributed by atoms with Crippen LogP contribution in [-0.2, 0) is 0 Å². The monoisotopic (exact) mass is 280 g/mol. The first-order valence-corrected chi connectivity index (χ1v) is 7.26. The number of hydrogen-bond donors (Lipinski definition) is 1. The lowest BCUT2D eigenvalue weighted by Crippen LogP contribution is -2.64. The predicted octanol–water partition coefficient (Wildman–Crippen LogP) is 3.43. The van der Waals surface area contributed by atoms with Crippen LogP contribution in [0.1, 0.15) is 47.0 Å². The quantitative estimate of drug-likeness (QED) is 0.830. The Balaban J connectivity index is 2.71. The molecule has 0 aromatic heterocycles. The Kier molecular flexibility index (Phi) is 5.68. The molecule has 1 rings (SSSR count). The first-order chi connectivity index (χ1) is 8.71. The van der Waals surface area contributed by atoms with Crippen molar-refractivity contribution >= 4 is 0 Å². The van der Waals surface area contributed by atoms with Crippen LogP contribution in [0.5, 0.6) is 0 Å². The number of nitrogens with one attached hydrogen (secondary N) is 1. The Morgan fingerprint density at radius 1 is 1.37 bits per heavy atom. The minimum Gasteiger partial charge on any atom is -0.309 e. The second-order valence-electron chi connectivity index (χ2n) is 6.08. The molecule has 0 aliphatic carbocycles. The van der Waals surface area contributed by atoms with E-state index in [0.29, 0.717) is 12.5 Å². The normalized spacial score (nSPS) is 31.4. The minimum absolute atomic E-state index is 0.0600. The third kappa shape index (κ3) is 4.95. The van der Waals surface area contributed by atoms with E-state index in [0.717, 1.165) is 19.4 Å². The summed E-state index contributed by atoms with van der Waals surface area (Å²) in [5, 5.41) is 3.51. The average molecular weight is 280 g/mol. The van der Waals surface area contributed by atoms with E-state index >= 15 is 0 Å². The van der Waals surface area contributed by atoms with Gasteiger partial charge in [-0.1, -0.05) is 27.2 Å². The van der Waals surface area contributed by atoms with Crippen LogP contribution in [0.15, 0.2) is 0 Å². The van der Waals surface area contributed by atoms with Crippen LogP contribution < -0.4 is 5.32 Å². The molecule has 0 radical (unpaired) electrons. The van der Waals surface area contributed by atoms with Crippen molar-refractivity contribution in [2.45, 2.75) is 64.7 Å². The number of nitrogens with zero attached hydrogens (tertiary/aromatic N) is 1. The zero-order valence-corrected chi connectivity index (χ0v) is 12.5. The van der Waals surface area contributed by atoms with Gasteiger partial charge in [0.2, 0.25) is 0 Å². The lowest BCUT2D eigenvalue weighted by molar-refractivity contribution is -0.141. The summed E-state index contributed by atoms with van der Waals surface area (Å²) in [6.07, 6.45) is -2.84. The second-order valence-corrected chi connectivity index (χ2v) is 6.08. The van der Waals surface area contributed by atoms with Crippen LogP contribution in [0.3, 0.4) is 0 Å². The molecule has 1 N–H and O–H groups in total. The molecule has 1 fully saturated rings. The average Bonchev–Trinajstić information content (AvgIpc) is 2.35. The minimum atomic E-state index is -4.06. The molecule has 3 atom stereocenters. The number of alkyl halides is 3. The zero-order valence-electron chi connectivity index (χ0n) is 12.5. The molecule has 1 aliphatic rings. The smallest absolute Gasteiger partial charge is 0.309 e. The first-order valence-electron chi connectivity index (χ1n) is 7.26. The fraction of sp³-hybridized carbons (Fsp3) is 1.00. The van der Waals surface area contributed by atoms with E-state index in [1.807, 2.05) is 4.90 Å². The van der Waals surface area contributed by atoms with Crippen molar-refractivity contribution in [2.75, 3.05) is 19.6 Å². The van der Waals surface area contributed by atoms with E-state index in [2.05, 4.69) is 33.0 Å². The van der Waals surface area contributed by atoms with Crippen LogP contribution in [0.2, 0.25) is 0 Å². The van der Waals surface area contributed by atoms with Crippen molar-refractivity contribution in [1.29, 1.82) is 0 Å². The Labute approximate surface area is 114 Å². The molecule has 0 aromatic rings. The second kappa shape index (κ2) is 6.44. The summed E-state index contributed by atoms with van der Waals surface area (Å²) in [5.41, 5.74) is -0.0600. The van der Waals surface area contributed by atoms with E-state index < -0.39 is 12.6 Å². The highest BCUT2D eigenvalue weighted by atomic mass is 19.4. The molecule has 3 unspecified atom stereocenters. The Morgan fingerprint density at radius 3 is 2.47 bits per heavy atom. The van der Waals surface area contributed by atoms with Crippen molar-refractivity contribution in [1.82, 2.24) is 10.2 Å². The van der Waals surface area contributed by atoms with Crippen molar-refractivity contribution in [3.8, 4) is 0 Å². The van der Waals surface area contributed by atoms with Gasteiger partial charge in [-0.05, 0) is 19.3 Å². The summed E-state index contributed by atoms with van der Waals surface area (Å²) < 4.78 is 37.4. The van der Waals surface area contributed by atoms with Crippen LogP contribution in [0, 0.1) is 5.92 Å². The predicted molar refractivity (Wildman–Crippen MR) is 72.2 cm³/mol. The number of halogens is 3. The summed E-state index contributed by atoms with van der Waals surface area (Å²) in [6, 6.07) is 0.215. The van der Waals surface area contributed by atoms with Gasteiger partial charge >= 0.3 is 6.18 Å². The fourth-order valence-corrected chi connectivity index (χ4v) is 2.69. The largest absolute Gasteiger partial charge is 0.390 e. The van der Waals surface area contributed by atoms with Crippen molar-refractivity contribution in [3.63, 3.8) is 0 Å². The summed E-state index contributed by atoms with van der Waals surface area (Å²) >= 11 is 0. The maximum atomic E-state index is 12.5. The number of piperazine rings is 1. The molecule has 1 heterocycles. The van der Waals surface area contributed by atoms with Crippen LogP contribution in [-0.4, -0.2) is 42.3 Å². The first kappa shape index (κ1) is 16.8. The molecule has 1 saturated heterocycles. The van der Waals surface area contributed by atoms with Crippen molar-refractivity contribution in [2.24, 2.45) is 5.92 Å². The maximum Gasteiger partial charge on any atom is 0.390 e. The van der Waals surface area contributed by atoms with Gasteiger partial charge in [0.15, 0.2) is 0 Å². The third-order valence-electron chi connectivity index (χ3n) is 4.52.